The van der Waals surface area contributed by atoms with Crippen LogP contribution in [0.2, 0.25) is 0 Å². The van der Waals surface area contributed by atoms with E-state index < -0.39 is 6.04 Å². The van der Waals surface area contributed by atoms with Crippen molar-refractivity contribution in [1.82, 2.24) is 0 Å². The lowest BCUT2D eigenvalue weighted by Gasteiger charge is -2.38. The first kappa shape index (κ1) is 15.1. The quantitative estimate of drug-likeness (QED) is 0.470. The van der Waals surface area contributed by atoms with Crippen LogP contribution >= 0.6 is 11.6 Å². The summed E-state index contributed by atoms with van der Waals surface area (Å²) >= 11 is 6.38. The Morgan fingerprint density at radius 3 is 2.75 bits per heavy atom. The van der Waals surface area contributed by atoms with Crippen molar-refractivity contribution in [3.63, 3.8) is 0 Å². The molecule has 1 aromatic rings. The highest BCUT2D eigenvalue weighted by Gasteiger charge is 2.42. The molecule has 3 atom stereocenters. The Balaban J connectivity index is 1.84. The smallest absolute Gasteiger partial charge is 0.214 e. The average molecular weight is 298 g/mol. The van der Waals surface area contributed by atoms with Gasteiger partial charge in [0.05, 0.1) is 6.61 Å². The Morgan fingerprint density at radius 1 is 1.45 bits per heavy atom. The SMILES string of the molecule is CC1(CCOc2ccccc2)CCC([N+](=O)[O-])CC1Cl. The van der Waals surface area contributed by atoms with Gasteiger partial charge in [0.25, 0.3) is 0 Å². The van der Waals surface area contributed by atoms with Crippen LogP contribution in [0, 0.1) is 15.5 Å². The molecule has 0 N–H and O–H groups in total. The molecule has 1 fully saturated rings. The Bertz CT molecular complexity index is 454. The van der Waals surface area contributed by atoms with Crippen molar-refractivity contribution >= 4 is 11.6 Å². The summed E-state index contributed by atoms with van der Waals surface area (Å²) in [5.74, 6) is 0.848. The van der Waals surface area contributed by atoms with Crippen molar-refractivity contribution < 1.29 is 9.66 Å². The molecule has 0 aromatic heterocycles. The van der Waals surface area contributed by atoms with E-state index in [0.717, 1.165) is 18.6 Å². The summed E-state index contributed by atoms with van der Waals surface area (Å²) in [4.78, 5) is 10.6. The van der Waals surface area contributed by atoms with Crippen molar-refractivity contribution in [2.75, 3.05) is 6.61 Å². The maximum atomic E-state index is 10.8. The lowest BCUT2D eigenvalue weighted by atomic mass is 9.71. The van der Waals surface area contributed by atoms with Crippen LogP contribution in [0.4, 0.5) is 0 Å². The Morgan fingerprint density at radius 2 is 2.15 bits per heavy atom. The zero-order valence-electron chi connectivity index (χ0n) is 11.6. The van der Waals surface area contributed by atoms with Gasteiger partial charge in [-0.05, 0) is 30.4 Å². The molecule has 0 heterocycles. The lowest BCUT2D eigenvalue weighted by molar-refractivity contribution is -0.527. The number of ether oxygens (including phenoxy) is 1. The van der Waals surface area contributed by atoms with Gasteiger partial charge >= 0.3 is 0 Å². The zero-order chi connectivity index (χ0) is 14.6. The van der Waals surface area contributed by atoms with Gasteiger partial charge in [-0.2, -0.15) is 0 Å². The van der Waals surface area contributed by atoms with Crippen molar-refractivity contribution in [2.24, 2.45) is 5.41 Å². The molecule has 0 radical (unpaired) electrons. The highest BCUT2D eigenvalue weighted by molar-refractivity contribution is 6.21. The van der Waals surface area contributed by atoms with E-state index in [0.29, 0.717) is 19.4 Å². The maximum Gasteiger partial charge on any atom is 0.214 e. The lowest BCUT2D eigenvalue weighted by Crippen LogP contribution is -2.41. The molecule has 4 nitrogen and oxygen atoms in total. The summed E-state index contributed by atoms with van der Waals surface area (Å²) in [6, 6.07) is 9.17. The standard InChI is InChI=1S/C15H20ClNO3/c1-15(8-7-12(17(18)19)11-14(15)16)9-10-20-13-5-3-2-4-6-13/h2-6,12,14H,7-11H2,1H3. The van der Waals surface area contributed by atoms with Crippen LogP contribution < -0.4 is 4.74 Å². The van der Waals surface area contributed by atoms with E-state index >= 15 is 0 Å². The molecule has 0 saturated heterocycles. The molecular formula is C15H20ClNO3. The predicted molar refractivity (Wildman–Crippen MR) is 78.9 cm³/mol. The molecule has 0 bridgehead atoms. The third-order valence-electron chi connectivity index (χ3n) is 4.27. The second kappa shape index (κ2) is 6.44. The fourth-order valence-electron chi connectivity index (χ4n) is 2.69. The van der Waals surface area contributed by atoms with E-state index in [1.54, 1.807) is 0 Å². The molecule has 1 aliphatic rings. The number of hydrogen-bond acceptors (Lipinski definition) is 3. The normalized spacial score (nSPS) is 29.9. The number of hydrogen-bond donors (Lipinski definition) is 0. The van der Waals surface area contributed by atoms with Gasteiger partial charge in [-0.15, -0.1) is 11.6 Å². The summed E-state index contributed by atoms with van der Waals surface area (Å²) in [7, 11) is 0. The van der Waals surface area contributed by atoms with Crippen LogP contribution in [-0.4, -0.2) is 22.9 Å². The summed E-state index contributed by atoms with van der Waals surface area (Å²) in [6.07, 6.45) is 2.67. The van der Waals surface area contributed by atoms with Gasteiger partial charge in [0, 0.05) is 23.1 Å². The predicted octanol–water partition coefficient (Wildman–Crippen LogP) is 3.90. The Kier molecular flexibility index (Phi) is 4.86. The van der Waals surface area contributed by atoms with Gasteiger partial charge in [0.15, 0.2) is 0 Å². The summed E-state index contributed by atoms with van der Waals surface area (Å²) < 4.78 is 5.70. The minimum absolute atomic E-state index is 0.0805. The fraction of sp³-hybridized carbons (Fsp3) is 0.600. The number of nitro groups is 1. The molecule has 5 heteroatoms. The van der Waals surface area contributed by atoms with Crippen molar-refractivity contribution in [3.8, 4) is 5.75 Å². The van der Waals surface area contributed by atoms with Crippen LogP contribution in [0.25, 0.3) is 0 Å². The number of halogens is 1. The number of nitrogens with zero attached hydrogens (tertiary/aromatic N) is 1. The van der Waals surface area contributed by atoms with Crippen molar-refractivity contribution in [3.05, 3.63) is 40.4 Å². The summed E-state index contributed by atoms with van der Waals surface area (Å²) in [5, 5.41) is 10.7. The van der Waals surface area contributed by atoms with Crippen LogP contribution in [0.5, 0.6) is 5.75 Å². The van der Waals surface area contributed by atoms with Crippen molar-refractivity contribution in [1.29, 1.82) is 0 Å². The fourth-order valence-corrected chi connectivity index (χ4v) is 3.11. The number of alkyl halides is 1. The highest BCUT2D eigenvalue weighted by Crippen LogP contribution is 2.43. The largest absolute Gasteiger partial charge is 0.494 e. The monoisotopic (exact) mass is 297 g/mol. The minimum Gasteiger partial charge on any atom is -0.494 e. The third-order valence-corrected chi connectivity index (χ3v) is 4.97. The number of rotatable bonds is 5. The van der Waals surface area contributed by atoms with Gasteiger partial charge in [0.2, 0.25) is 6.04 Å². The first-order valence-corrected chi connectivity index (χ1v) is 7.40. The van der Waals surface area contributed by atoms with Crippen LogP contribution in [-0.2, 0) is 0 Å². The molecule has 0 amide bonds. The number of benzene rings is 1. The second-order valence-corrected chi connectivity index (χ2v) is 6.27. The summed E-state index contributed by atoms with van der Waals surface area (Å²) in [5.41, 5.74) is -0.0805. The Hall–Kier alpha value is -1.29. The topological polar surface area (TPSA) is 52.4 Å². The van der Waals surface area contributed by atoms with Crippen LogP contribution in [0.1, 0.15) is 32.6 Å². The molecule has 110 valence electrons. The molecule has 1 saturated carbocycles. The third kappa shape index (κ3) is 3.63. The molecule has 1 aromatic carbocycles. The molecule has 0 aliphatic heterocycles. The van der Waals surface area contributed by atoms with Crippen LogP contribution in [0.15, 0.2) is 30.3 Å². The molecule has 3 unspecified atom stereocenters. The molecule has 20 heavy (non-hydrogen) atoms. The zero-order valence-corrected chi connectivity index (χ0v) is 12.4. The number of para-hydroxylation sites is 1. The molecular weight excluding hydrogens is 278 g/mol. The first-order chi connectivity index (χ1) is 9.51. The van der Waals surface area contributed by atoms with Gasteiger partial charge in [-0.1, -0.05) is 25.1 Å². The maximum absolute atomic E-state index is 10.8. The average Bonchev–Trinajstić information content (AvgIpc) is 2.43. The Labute approximate surface area is 124 Å². The van der Waals surface area contributed by atoms with E-state index in [2.05, 4.69) is 6.92 Å². The van der Waals surface area contributed by atoms with E-state index in [1.165, 1.54) is 0 Å². The second-order valence-electron chi connectivity index (χ2n) is 5.75. The van der Waals surface area contributed by atoms with Gasteiger partial charge < -0.3 is 4.74 Å². The van der Waals surface area contributed by atoms with E-state index in [4.69, 9.17) is 16.3 Å². The van der Waals surface area contributed by atoms with E-state index in [9.17, 15) is 10.1 Å². The molecule has 0 spiro atoms. The van der Waals surface area contributed by atoms with Gasteiger partial charge in [-0.3, -0.25) is 10.1 Å². The van der Waals surface area contributed by atoms with E-state index in [1.807, 2.05) is 30.3 Å². The van der Waals surface area contributed by atoms with Gasteiger partial charge in [-0.25, -0.2) is 0 Å². The molecule has 2 rings (SSSR count). The molecule has 1 aliphatic carbocycles. The summed E-state index contributed by atoms with van der Waals surface area (Å²) in [6.45, 7) is 2.70. The van der Waals surface area contributed by atoms with Gasteiger partial charge in [0.1, 0.15) is 5.75 Å². The van der Waals surface area contributed by atoms with E-state index in [-0.39, 0.29) is 15.7 Å². The highest BCUT2D eigenvalue weighted by atomic mass is 35.5. The minimum atomic E-state index is -0.486. The first-order valence-electron chi connectivity index (χ1n) is 6.97. The van der Waals surface area contributed by atoms with Crippen LogP contribution in [0.3, 0.4) is 0 Å². The van der Waals surface area contributed by atoms with Crippen molar-refractivity contribution in [2.45, 2.75) is 44.0 Å².